The monoisotopic (exact) mass is 281 g/mol. The summed E-state index contributed by atoms with van der Waals surface area (Å²) in [6.07, 6.45) is 5.45. The lowest BCUT2D eigenvalue weighted by atomic mass is 9.83. The molecule has 0 saturated heterocycles. The molecule has 1 aliphatic rings. The SMILES string of the molecule is COc1c(Cl)c2c(c(C)c1CC(C)(C)N)CCCC2. The lowest BCUT2D eigenvalue weighted by Gasteiger charge is -2.28. The minimum Gasteiger partial charge on any atom is -0.495 e. The molecule has 19 heavy (non-hydrogen) atoms. The molecule has 0 bridgehead atoms. The Labute approximate surface area is 121 Å². The van der Waals surface area contributed by atoms with E-state index in [1.807, 2.05) is 13.8 Å². The van der Waals surface area contributed by atoms with E-state index in [1.54, 1.807) is 7.11 Å². The van der Waals surface area contributed by atoms with Crippen LogP contribution in [0.5, 0.6) is 5.75 Å². The van der Waals surface area contributed by atoms with Crippen molar-refractivity contribution in [1.29, 1.82) is 0 Å². The van der Waals surface area contributed by atoms with Crippen LogP contribution in [0.3, 0.4) is 0 Å². The highest BCUT2D eigenvalue weighted by molar-refractivity contribution is 6.33. The van der Waals surface area contributed by atoms with Crippen molar-refractivity contribution in [1.82, 2.24) is 0 Å². The highest BCUT2D eigenvalue weighted by Crippen LogP contribution is 2.41. The standard InChI is InChI=1S/C16H24ClNO/c1-10-11-7-5-6-8-12(11)14(17)15(19-4)13(10)9-16(2,3)18/h5-9,18H2,1-4H3. The maximum Gasteiger partial charge on any atom is 0.141 e. The van der Waals surface area contributed by atoms with Crippen LogP contribution in [-0.4, -0.2) is 12.6 Å². The van der Waals surface area contributed by atoms with E-state index in [0.717, 1.165) is 30.0 Å². The summed E-state index contributed by atoms with van der Waals surface area (Å²) in [4.78, 5) is 0. The number of ether oxygens (including phenoxy) is 1. The average Bonchev–Trinajstić information content (AvgIpc) is 2.35. The predicted molar refractivity (Wildman–Crippen MR) is 81.4 cm³/mol. The van der Waals surface area contributed by atoms with Crippen molar-refractivity contribution in [2.45, 2.75) is 58.4 Å². The molecular weight excluding hydrogens is 258 g/mol. The number of rotatable bonds is 3. The van der Waals surface area contributed by atoms with Crippen LogP contribution in [0, 0.1) is 6.92 Å². The molecule has 1 aliphatic carbocycles. The van der Waals surface area contributed by atoms with Crippen molar-refractivity contribution < 1.29 is 4.74 Å². The Kier molecular flexibility index (Phi) is 4.12. The van der Waals surface area contributed by atoms with Crippen molar-refractivity contribution in [2.24, 2.45) is 5.73 Å². The van der Waals surface area contributed by atoms with Gasteiger partial charge in [-0.1, -0.05) is 11.6 Å². The summed E-state index contributed by atoms with van der Waals surface area (Å²) in [6, 6.07) is 0. The van der Waals surface area contributed by atoms with Crippen LogP contribution in [-0.2, 0) is 19.3 Å². The maximum atomic E-state index is 6.57. The summed E-state index contributed by atoms with van der Waals surface area (Å²) in [5, 5.41) is 0.807. The lowest BCUT2D eigenvalue weighted by Crippen LogP contribution is -2.35. The van der Waals surface area contributed by atoms with E-state index in [4.69, 9.17) is 22.1 Å². The van der Waals surface area contributed by atoms with E-state index in [1.165, 1.54) is 35.1 Å². The lowest BCUT2D eigenvalue weighted by molar-refractivity contribution is 0.400. The van der Waals surface area contributed by atoms with Crippen LogP contribution in [0.25, 0.3) is 0 Å². The normalized spacial score (nSPS) is 15.3. The zero-order chi connectivity index (χ0) is 14.2. The van der Waals surface area contributed by atoms with Gasteiger partial charge in [0.15, 0.2) is 0 Å². The third kappa shape index (κ3) is 2.90. The molecule has 106 valence electrons. The first kappa shape index (κ1) is 14.7. The van der Waals surface area contributed by atoms with Crippen molar-refractivity contribution in [2.75, 3.05) is 7.11 Å². The molecule has 0 radical (unpaired) electrons. The Morgan fingerprint density at radius 1 is 1.21 bits per heavy atom. The Morgan fingerprint density at radius 2 is 1.79 bits per heavy atom. The van der Waals surface area contributed by atoms with Crippen molar-refractivity contribution in [3.8, 4) is 5.75 Å². The van der Waals surface area contributed by atoms with Crippen LogP contribution in [0.2, 0.25) is 5.02 Å². The van der Waals surface area contributed by atoms with Gasteiger partial charge >= 0.3 is 0 Å². The molecule has 3 heteroatoms. The number of fused-ring (bicyclic) bond motifs is 1. The minimum atomic E-state index is -0.260. The van der Waals surface area contributed by atoms with Gasteiger partial charge in [0.25, 0.3) is 0 Å². The molecular formula is C16H24ClNO. The highest BCUT2D eigenvalue weighted by Gasteiger charge is 2.25. The summed E-state index contributed by atoms with van der Waals surface area (Å²) in [7, 11) is 1.70. The van der Waals surface area contributed by atoms with Gasteiger partial charge < -0.3 is 10.5 Å². The number of hydrogen-bond acceptors (Lipinski definition) is 2. The van der Waals surface area contributed by atoms with Crippen molar-refractivity contribution in [3.05, 3.63) is 27.3 Å². The maximum absolute atomic E-state index is 6.57. The van der Waals surface area contributed by atoms with Crippen molar-refractivity contribution >= 4 is 11.6 Å². The van der Waals surface area contributed by atoms with E-state index in [9.17, 15) is 0 Å². The third-order valence-electron chi connectivity index (χ3n) is 3.95. The Hall–Kier alpha value is -0.730. The average molecular weight is 282 g/mol. The van der Waals surface area contributed by atoms with Gasteiger partial charge in [0.05, 0.1) is 12.1 Å². The zero-order valence-corrected chi connectivity index (χ0v) is 13.2. The van der Waals surface area contributed by atoms with Gasteiger partial charge in [0.1, 0.15) is 5.75 Å². The Balaban J connectivity index is 2.61. The molecule has 2 N–H and O–H groups in total. The summed E-state index contributed by atoms with van der Waals surface area (Å²) in [6.45, 7) is 6.27. The first-order valence-electron chi connectivity index (χ1n) is 7.00. The molecule has 0 saturated carbocycles. The quantitative estimate of drug-likeness (QED) is 0.914. The van der Waals surface area contributed by atoms with Crippen LogP contribution >= 0.6 is 11.6 Å². The van der Waals surface area contributed by atoms with E-state index in [0.29, 0.717) is 0 Å². The zero-order valence-electron chi connectivity index (χ0n) is 12.4. The second-order valence-electron chi connectivity index (χ2n) is 6.28. The first-order valence-corrected chi connectivity index (χ1v) is 7.38. The number of benzene rings is 1. The molecule has 2 rings (SSSR count). The van der Waals surface area contributed by atoms with Gasteiger partial charge in [-0.2, -0.15) is 0 Å². The molecule has 0 aliphatic heterocycles. The molecule has 0 spiro atoms. The summed E-state index contributed by atoms with van der Waals surface area (Å²) >= 11 is 6.57. The van der Waals surface area contributed by atoms with Crippen LogP contribution in [0.1, 0.15) is 48.9 Å². The van der Waals surface area contributed by atoms with E-state index >= 15 is 0 Å². The molecule has 2 nitrogen and oxygen atoms in total. The number of halogens is 1. The van der Waals surface area contributed by atoms with Crippen LogP contribution in [0.4, 0.5) is 0 Å². The molecule has 0 heterocycles. The summed E-state index contributed by atoms with van der Waals surface area (Å²) in [5.74, 6) is 0.832. The molecule has 0 fully saturated rings. The van der Waals surface area contributed by atoms with Gasteiger partial charge in [-0.05, 0) is 69.6 Å². The fourth-order valence-electron chi connectivity index (χ4n) is 3.06. The van der Waals surface area contributed by atoms with Crippen LogP contribution < -0.4 is 10.5 Å². The summed E-state index contributed by atoms with van der Waals surface area (Å²) in [5.41, 5.74) is 11.2. The second kappa shape index (κ2) is 5.34. The molecule has 0 amide bonds. The highest BCUT2D eigenvalue weighted by atomic mass is 35.5. The minimum absolute atomic E-state index is 0.260. The predicted octanol–water partition coefficient (Wildman–Crippen LogP) is 3.82. The van der Waals surface area contributed by atoms with Gasteiger partial charge in [-0.15, -0.1) is 0 Å². The molecule has 0 aromatic heterocycles. The fourth-order valence-corrected chi connectivity index (χ4v) is 3.46. The summed E-state index contributed by atoms with van der Waals surface area (Å²) < 4.78 is 5.58. The largest absolute Gasteiger partial charge is 0.495 e. The van der Waals surface area contributed by atoms with E-state index < -0.39 is 0 Å². The number of nitrogens with two attached hydrogens (primary N) is 1. The van der Waals surface area contributed by atoms with Crippen LogP contribution in [0.15, 0.2) is 0 Å². The first-order chi connectivity index (χ1) is 8.85. The molecule has 1 aromatic rings. The molecule has 0 unspecified atom stereocenters. The Bertz CT molecular complexity index is 489. The van der Waals surface area contributed by atoms with Gasteiger partial charge in [-0.3, -0.25) is 0 Å². The van der Waals surface area contributed by atoms with E-state index in [-0.39, 0.29) is 5.54 Å². The number of methoxy groups -OCH3 is 1. The smallest absolute Gasteiger partial charge is 0.141 e. The second-order valence-corrected chi connectivity index (χ2v) is 6.66. The van der Waals surface area contributed by atoms with Gasteiger partial charge in [0.2, 0.25) is 0 Å². The molecule has 0 atom stereocenters. The third-order valence-corrected chi connectivity index (χ3v) is 4.35. The number of hydrogen-bond donors (Lipinski definition) is 1. The van der Waals surface area contributed by atoms with E-state index in [2.05, 4.69) is 6.92 Å². The van der Waals surface area contributed by atoms with Crippen molar-refractivity contribution in [3.63, 3.8) is 0 Å². The van der Waals surface area contributed by atoms with Gasteiger partial charge in [0, 0.05) is 11.1 Å². The fraction of sp³-hybridized carbons (Fsp3) is 0.625. The topological polar surface area (TPSA) is 35.2 Å². The van der Waals surface area contributed by atoms with Gasteiger partial charge in [-0.25, -0.2) is 0 Å². The Morgan fingerprint density at radius 3 is 2.32 bits per heavy atom. The molecule has 1 aromatic carbocycles.